The van der Waals surface area contributed by atoms with Gasteiger partial charge in [-0.15, -0.1) is 5.10 Å². The number of nitrogens with zero attached hydrogens (tertiary/aromatic N) is 7. The number of para-hydroxylation sites is 2. The molecule has 0 radical (unpaired) electrons. The Morgan fingerprint density at radius 1 is 1.09 bits per heavy atom. The Hall–Kier alpha value is -3.38. The molecule has 178 valence electrons. The maximum atomic E-state index is 12.7. The molecule has 2 aliphatic heterocycles. The van der Waals surface area contributed by atoms with Crippen molar-refractivity contribution in [2.45, 2.75) is 19.4 Å². The van der Waals surface area contributed by atoms with E-state index >= 15 is 0 Å². The lowest BCUT2D eigenvalue weighted by Gasteiger charge is -2.34. The summed E-state index contributed by atoms with van der Waals surface area (Å²) in [6, 6.07) is 11.6. The van der Waals surface area contributed by atoms with Gasteiger partial charge in [0.05, 0.1) is 36.0 Å². The van der Waals surface area contributed by atoms with Crippen molar-refractivity contribution in [3.05, 3.63) is 36.4 Å². The topological polar surface area (TPSA) is 110 Å². The Balaban J connectivity index is 1.64. The molecular formula is C22H26N8O3S. The van der Waals surface area contributed by atoms with Crippen LogP contribution in [-0.2, 0) is 14.8 Å². The van der Waals surface area contributed by atoms with Crippen LogP contribution in [0.25, 0.3) is 22.5 Å². The molecule has 0 spiro atoms. The molecule has 0 saturated carbocycles. The molecule has 2 aliphatic rings. The van der Waals surface area contributed by atoms with Gasteiger partial charge in [0, 0.05) is 20.1 Å². The van der Waals surface area contributed by atoms with Gasteiger partial charge in [-0.3, -0.25) is 4.31 Å². The van der Waals surface area contributed by atoms with E-state index in [0.717, 1.165) is 22.4 Å². The summed E-state index contributed by atoms with van der Waals surface area (Å²) in [6.07, 6.45) is 0.594. The summed E-state index contributed by atoms with van der Waals surface area (Å²) in [6.45, 7) is 4.40. The van der Waals surface area contributed by atoms with Crippen LogP contribution < -0.4 is 14.5 Å². The number of aromatic nitrogens is 5. The molecule has 1 aromatic carbocycles. The molecule has 6 rings (SSSR count). The molecule has 0 unspecified atom stereocenters. The second kappa shape index (κ2) is 7.84. The maximum Gasteiger partial charge on any atom is 0.257 e. The van der Waals surface area contributed by atoms with Crippen molar-refractivity contribution in [2.24, 2.45) is 0 Å². The number of hydrogen-bond donors (Lipinski definition) is 1. The molecule has 3 aromatic heterocycles. The van der Waals surface area contributed by atoms with Gasteiger partial charge in [0.2, 0.25) is 16.0 Å². The summed E-state index contributed by atoms with van der Waals surface area (Å²) < 4.78 is 36.2. The van der Waals surface area contributed by atoms with Crippen molar-refractivity contribution < 1.29 is 13.2 Å². The molecule has 5 heterocycles. The molecular weight excluding hydrogens is 456 g/mol. The van der Waals surface area contributed by atoms with E-state index in [2.05, 4.69) is 22.1 Å². The van der Waals surface area contributed by atoms with Gasteiger partial charge in [-0.05, 0) is 37.6 Å². The fourth-order valence-corrected chi connectivity index (χ4v) is 6.33. The molecule has 12 heteroatoms. The van der Waals surface area contributed by atoms with Gasteiger partial charge in [0.1, 0.15) is 11.3 Å². The van der Waals surface area contributed by atoms with Crippen molar-refractivity contribution in [1.29, 1.82) is 0 Å². The molecule has 1 atom stereocenters. The first-order valence-corrected chi connectivity index (χ1v) is 13.0. The van der Waals surface area contributed by atoms with E-state index in [-0.39, 0.29) is 11.8 Å². The highest BCUT2D eigenvalue weighted by Gasteiger charge is 2.32. The predicted molar refractivity (Wildman–Crippen MR) is 131 cm³/mol. The Kier molecular flexibility index (Phi) is 4.88. The number of benzene rings is 1. The second-order valence-corrected chi connectivity index (χ2v) is 10.6. The number of fused-ring (bicyclic) bond motifs is 2. The lowest BCUT2D eigenvalue weighted by molar-refractivity contribution is 0.0986. The SMILES string of the molecule is CNc1nc2ccccc2n1-c1nc(N2CCOC[C@H]2C)c2ccc(N3CCCS3(=O)=O)n2n1. The van der Waals surface area contributed by atoms with E-state index in [0.29, 0.717) is 50.4 Å². The van der Waals surface area contributed by atoms with Crippen molar-refractivity contribution in [3.8, 4) is 5.95 Å². The Morgan fingerprint density at radius 2 is 1.94 bits per heavy atom. The van der Waals surface area contributed by atoms with Gasteiger partial charge < -0.3 is 15.0 Å². The van der Waals surface area contributed by atoms with Crippen LogP contribution in [0.1, 0.15) is 13.3 Å². The quantitative estimate of drug-likeness (QED) is 0.470. The summed E-state index contributed by atoms with van der Waals surface area (Å²) in [5.74, 6) is 2.41. The minimum Gasteiger partial charge on any atom is -0.377 e. The smallest absolute Gasteiger partial charge is 0.257 e. The molecule has 0 aliphatic carbocycles. The van der Waals surface area contributed by atoms with Gasteiger partial charge in [-0.1, -0.05) is 12.1 Å². The molecule has 2 saturated heterocycles. The van der Waals surface area contributed by atoms with E-state index in [9.17, 15) is 8.42 Å². The number of nitrogens with one attached hydrogen (secondary N) is 1. The number of sulfonamides is 1. The van der Waals surface area contributed by atoms with Gasteiger partial charge in [0.15, 0.2) is 5.82 Å². The third-order valence-electron chi connectivity index (χ3n) is 6.44. The molecule has 0 bridgehead atoms. The van der Waals surface area contributed by atoms with Crippen LogP contribution in [0.2, 0.25) is 0 Å². The number of rotatable bonds is 4. The van der Waals surface area contributed by atoms with E-state index < -0.39 is 10.0 Å². The van der Waals surface area contributed by atoms with Crippen molar-refractivity contribution >= 4 is 44.2 Å². The van der Waals surface area contributed by atoms with E-state index in [1.807, 2.05) is 41.0 Å². The lowest BCUT2D eigenvalue weighted by atomic mass is 10.2. The highest BCUT2D eigenvalue weighted by molar-refractivity contribution is 7.93. The highest BCUT2D eigenvalue weighted by atomic mass is 32.2. The van der Waals surface area contributed by atoms with Crippen molar-refractivity contribution in [1.82, 2.24) is 24.1 Å². The molecule has 0 amide bonds. The van der Waals surface area contributed by atoms with E-state index in [1.54, 1.807) is 11.6 Å². The molecule has 1 N–H and O–H groups in total. The standard InChI is InChI=1S/C22H26N8O3S/c1-15-14-33-12-11-27(15)20-18-8-9-19(28-10-5-13-34(28,31)32)30(18)26-22(25-20)29-17-7-4-3-6-16(17)24-21(29)23-2/h3-4,6-9,15H,5,10-14H2,1-2H3,(H,23,24)/t15-/m1/s1. The zero-order chi connectivity index (χ0) is 23.4. The fraction of sp³-hybridized carbons (Fsp3) is 0.409. The van der Waals surface area contributed by atoms with Crippen LogP contribution in [-0.4, -0.2) is 77.7 Å². The molecule has 4 aromatic rings. The van der Waals surface area contributed by atoms with Gasteiger partial charge in [0.25, 0.3) is 5.95 Å². The number of morpholine rings is 1. The predicted octanol–water partition coefficient (Wildman–Crippen LogP) is 1.87. The summed E-state index contributed by atoms with van der Waals surface area (Å²) in [5, 5.41) is 7.99. The lowest BCUT2D eigenvalue weighted by Crippen LogP contribution is -2.44. The summed E-state index contributed by atoms with van der Waals surface area (Å²) in [4.78, 5) is 11.9. The monoisotopic (exact) mass is 482 g/mol. The average molecular weight is 483 g/mol. The second-order valence-electron chi connectivity index (χ2n) is 8.59. The molecule has 11 nitrogen and oxygen atoms in total. The molecule has 34 heavy (non-hydrogen) atoms. The van der Waals surface area contributed by atoms with E-state index in [1.165, 1.54) is 4.31 Å². The average Bonchev–Trinajstić information content (AvgIpc) is 3.52. The van der Waals surface area contributed by atoms with E-state index in [4.69, 9.17) is 14.8 Å². The molecule has 2 fully saturated rings. The van der Waals surface area contributed by atoms with Crippen LogP contribution in [0, 0.1) is 0 Å². The first-order chi connectivity index (χ1) is 16.5. The highest BCUT2D eigenvalue weighted by Crippen LogP contribution is 2.32. The van der Waals surface area contributed by atoms with Crippen LogP contribution in [0.5, 0.6) is 0 Å². The van der Waals surface area contributed by atoms with Crippen molar-refractivity contribution in [3.63, 3.8) is 0 Å². The fourth-order valence-electron chi connectivity index (χ4n) is 4.79. The Bertz CT molecular complexity index is 1490. The number of anilines is 3. The zero-order valence-electron chi connectivity index (χ0n) is 19.0. The van der Waals surface area contributed by atoms with Gasteiger partial charge in [-0.25, -0.2) is 22.5 Å². The third kappa shape index (κ3) is 3.20. The van der Waals surface area contributed by atoms with Gasteiger partial charge in [-0.2, -0.15) is 4.98 Å². The normalized spacial score (nSPS) is 20.5. The number of imidazole rings is 1. The first-order valence-electron chi connectivity index (χ1n) is 11.4. The minimum absolute atomic E-state index is 0.109. The van der Waals surface area contributed by atoms with Crippen LogP contribution >= 0.6 is 0 Å². The first kappa shape index (κ1) is 21.2. The largest absolute Gasteiger partial charge is 0.377 e. The maximum absolute atomic E-state index is 12.7. The van der Waals surface area contributed by atoms with Crippen LogP contribution in [0.3, 0.4) is 0 Å². The summed E-state index contributed by atoms with van der Waals surface area (Å²) >= 11 is 0. The number of hydrogen-bond acceptors (Lipinski definition) is 8. The van der Waals surface area contributed by atoms with Crippen molar-refractivity contribution in [2.75, 3.05) is 53.6 Å². The number of ether oxygens (including phenoxy) is 1. The Labute approximate surface area is 197 Å². The van der Waals surface area contributed by atoms with Crippen LogP contribution in [0.4, 0.5) is 17.6 Å². The minimum atomic E-state index is -3.38. The van der Waals surface area contributed by atoms with Crippen LogP contribution in [0.15, 0.2) is 36.4 Å². The zero-order valence-corrected chi connectivity index (χ0v) is 19.9. The van der Waals surface area contributed by atoms with Gasteiger partial charge >= 0.3 is 0 Å². The summed E-state index contributed by atoms with van der Waals surface area (Å²) in [5.41, 5.74) is 2.42. The third-order valence-corrected chi connectivity index (χ3v) is 8.28. The summed E-state index contributed by atoms with van der Waals surface area (Å²) in [7, 11) is -1.57. The Morgan fingerprint density at radius 3 is 2.71 bits per heavy atom.